The van der Waals surface area contributed by atoms with E-state index in [1.165, 1.54) is 12.8 Å². The topological polar surface area (TPSA) is 123 Å². The van der Waals surface area contributed by atoms with E-state index in [0.29, 0.717) is 42.8 Å². The standard InChI is InChI=1S/C27H28N6O4/c1-17-23(28-27(37-17)18-5-2-3-6-18)16-36-24-14-20-15-33(25(34)9-8-21-7-4-12-35-21)11-10-19(20)13-22(24)26-29-31-32-30-26/h4,7-9,12-14,18H,2-3,5-6,10-11,15-16H2,1H3,(H,29,30,31,32)/b9-8+. The molecule has 1 fully saturated rings. The summed E-state index contributed by atoms with van der Waals surface area (Å²) >= 11 is 0. The summed E-state index contributed by atoms with van der Waals surface area (Å²) in [5.74, 6) is 3.65. The Morgan fingerprint density at radius 2 is 2.16 bits per heavy atom. The van der Waals surface area contributed by atoms with Gasteiger partial charge >= 0.3 is 0 Å². The Bertz CT molecular complexity index is 1400. The summed E-state index contributed by atoms with van der Waals surface area (Å²) in [7, 11) is 0. The van der Waals surface area contributed by atoms with Gasteiger partial charge in [-0.3, -0.25) is 4.79 Å². The Morgan fingerprint density at radius 1 is 1.27 bits per heavy atom. The van der Waals surface area contributed by atoms with Crippen LogP contribution in [0, 0.1) is 6.92 Å². The van der Waals surface area contributed by atoms with Crippen molar-refractivity contribution in [2.24, 2.45) is 0 Å². The molecule has 2 aliphatic rings. The van der Waals surface area contributed by atoms with E-state index in [-0.39, 0.29) is 12.5 Å². The predicted molar refractivity (Wildman–Crippen MR) is 133 cm³/mol. The van der Waals surface area contributed by atoms with Gasteiger partial charge in [0.05, 0.1) is 11.8 Å². The van der Waals surface area contributed by atoms with Crippen LogP contribution < -0.4 is 4.74 Å². The van der Waals surface area contributed by atoms with Gasteiger partial charge in [0.25, 0.3) is 0 Å². The Kier molecular flexibility index (Phi) is 6.30. The predicted octanol–water partition coefficient (Wildman–Crippen LogP) is 4.59. The van der Waals surface area contributed by atoms with Crippen molar-refractivity contribution in [3.05, 3.63) is 70.8 Å². The molecular formula is C27H28N6O4. The third-order valence-corrected chi connectivity index (χ3v) is 7.12. The molecule has 4 heterocycles. The van der Waals surface area contributed by atoms with Crippen molar-refractivity contribution in [1.29, 1.82) is 0 Å². The monoisotopic (exact) mass is 500 g/mol. The van der Waals surface area contributed by atoms with Crippen molar-refractivity contribution in [2.45, 2.75) is 58.1 Å². The van der Waals surface area contributed by atoms with Gasteiger partial charge in [-0.1, -0.05) is 12.8 Å². The lowest BCUT2D eigenvalue weighted by Gasteiger charge is -2.29. The Balaban J connectivity index is 1.23. The van der Waals surface area contributed by atoms with Crippen LogP contribution in [0.4, 0.5) is 0 Å². The minimum atomic E-state index is -0.0653. The van der Waals surface area contributed by atoms with Crippen molar-refractivity contribution in [1.82, 2.24) is 30.5 Å². The number of oxazole rings is 1. The molecule has 1 aliphatic carbocycles. The van der Waals surface area contributed by atoms with E-state index in [1.54, 1.807) is 24.5 Å². The summed E-state index contributed by atoms with van der Waals surface area (Å²) < 4.78 is 17.6. The first-order chi connectivity index (χ1) is 18.1. The number of hydrogen-bond acceptors (Lipinski definition) is 8. The van der Waals surface area contributed by atoms with Crippen molar-refractivity contribution in [2.75, 3.05) is 6.54 Å². The van der Waals surface area contributed by atoms with Crippen molar-refractivity contribution in [3.8, 4) is 17.1 Å². The van der Waals surface area contributed by atoms with Crippen LogP contribution in [0.5, 0.6) is 5.75 Å². The lowest BCUT2D eigenvalue weighted by molar-refractivity contribution is -0.126. The molecule has 0 saturated heterocycles. The number of rotatable bonds is 7. The Hall–Kier alpha value is -4.21. The van der Waals surface area contributed by atoms with Crippen LogP contribution in [0.25, 0.3) is 17.5 Å². The summed E-state index contributed by atoms with van der Waals surface area (Å²) in [4.78, 5) is 19.4. The van der Waals surface area contributed by atoms with E-state index in [0.717, 1.165) is 46.9 Å². The molecular weight excluding hydrogens is 472 g/mol. The van der Waals surface area contributed by atoms with Crippen molar-refractivity contribution in [3.63, 3.8) is 0 Å². The second-order valence-corrected chi connectivity index (χ2v) is 9.54. The molecule has 1 saturated carbocycles. The molecule has 3 aromatic heterocycles. The molecule has 1 amide bonds. The van der Waals surface area contributed by atoms with Crippen LogP contribution in [0.15, 0.2) is 45.4 Å². The number of fused-ring (bicyclic) bond motifs is 1. The average molecular weight is 501 g/mol. The highest BCUT2D eigenvalue weighted by Crippen LogP contribution is 2.36. The van der Waals surface area contributed by atoms with Gasteiger partial charge in [0, 0.05) is 25.1 Å². The van der Waals surface area contributed by atoms with Crippen LogP contribution in [0.2, 0.25) is 0 Å². The lowest BCUT2D eigenvalue weighted by Crippen LogP contribution is -2.34. The molecule has 10 heteroatoms. The van der Waals surface area contributed by atoms with Crippen LogP contribution in [0.1, 0.15) is 65.8 Å². The number of nitrogens with zero attached hydrogens (tertiary/aromatic N) is 5. The quantitative estimate of drug-likeness (QED) is 0.366. The fraction of sp³-hybridized carbons (Fsp3) is 0.370. The van der Waals surface area contributed by atoms with Gasteiger partial charge in [-0.05, 0) is 72.9 Å². The number of amides is 1. The first-order valence-electron chi connectivity index (χ1n) is 12.6. The summed E-state index contributed by atoms with van der Waals surface area (Å²) in [6.45, 7) is 3.29. The highest BCUT2D eigenvalue weighted by atomic mass is 16.5. The zero-order chi connectivity index (χ0) is 25.2. The number of aromatic amines is 1. The first-order valence-corrected chi connectivity index (χ1v) is 12.6. The maximum absolute atomic E-state index is 12.8. The fourth-order valence-corrected chi connectivity index (χ4v) is 5.07. The lowest BCUT2D eigenvalue weighted by atomic mass is 9.96. The molecule has 6 rings (SSSR count). The number of furan rings is 1. The summed E-state index contributed by atoms with van der Waals surface area (Å²) in [6.07, 6.45) is 10.2. The first kappa shape index (κ1) is 23.2. The number of tetrazole rings is 1. The highest BCUT2D eigenvalue weighted by molar-refractivity contribution is 5.91. The third-order valence-electron chi connectivity index (χ3n) is 7.12. The summed E-state index contributed by atoms with van der Waals surface area (Å²) in [5.41, 5.74) is 3.70. The van der Waals surface area contributed by atoms with Gasteiger partial charge in [-0.15, -0.1) is 10.2 Å². The number of hydrogen-bond donors (Lipinski definition) is 1. The van der Waals surface area contributed by atoms with Gasteiger partial charge in [-0.2, -0.15) is 5.21 Å². The van der Waals surface area contributed by atoms with Crippen molar-refractivity contribution < 1.29 is 18.4 Å². The smallest absolute Gasteiger partial charge is 0.246 e. The maximum Gasteiger partial charge on any atom is 0.246 e. The number of aryl methyl sites for hydroxylation is 1. The van der Waals surface area contributed by atoms with Crippen molar-refractivity contribution >= 4 is 12.0 Å². The third kappa shape index (κ3) is 4.91. The Morgan fingerprint density at radius 3 is 2.95 bits per heavy atom. The minimum Gasteiger partial charge on any atom is -0.486 e. The maximum atomic E-state index is 12.8. The van der Waals surface area contributed by atoms with E-state index < -0.39 is 0 Å². The van der Waals surface area contributed by atoms with Gasteiger partial charge in [0.2, 0.25) is 11.7 Å². The number of H-pyrrole nitrogens is 1. The molecule has 10 nitrogen and oxygen atoms in total. The zero-order valence-corrected chi connectivity index (χ0v) is 20.6. The van der Waals surface area contributed by atoms with Crippen LogP contribution in [0.3, 0.4) is 0 Å². The molecule has 0 atom stereocenters. The fourth-order valence-electron chi connectivity index (χ4n) is 5.07. The number of benzene rings is 1. The normalized spacial score (nSPS) is 16.0. The number of ether oxygens (including phenoxy) is 1. The van der Waals surface area contributed by atoms with E-state index in [4.69, 9.17) is 18.6 Å². The van der Waals surface area contributed by atoms with Gasteiger partial charge in [-0.25, -0.2) is 4.98 Å². The van der Waals surface area contributed by atoms with Crippen LogP contribution in [-0.4, -0.2) is 43.0 Å². The van der Waals surface area contributed by atoms with Crippen LogP contribution >= 0.6 is 0 Å². The number of carbonyl (C=O) groups excluding carboxylic acids is 1. The zero-order valence-electron chi connectivity index (χ0n) is 20.6. The molecule has 4 aromatic rings. The Labute approximate surface area is 213 Å². The minimum absolute atomic E-state index is 0.0653. The summed E-state index contributed by atoms with van der Waals surface area (Å²) in [5, 5.41) is 14.6. The van der Waals surface area contributed by atoms with Crippen LogP contribution in [-0.2, 0) is 24.4 Å². The molecule has 0 radical (unpaired) electrons. The van der Waals surface area contributed by atoms with Gasteiger partial charge in [0.15, 0.2) is 5.89 Å². The molecule has 0 unspecified atom stereocenters. The molecule has 0 spiro atoms. The number of carbonyl (C=O) groups is 1. The molecule has 0 bridgehead atoms. The van der Waals surface area contributed by atoms with E-state index in [2.05, 4.69) is 20.6 Å². The summed E-state index contributed by atoms with van der Waals surface area (Å²) in [6, 6.07) is 7.62. The second kappa shape index (κ2) is 10.0. The highest BCUT2D eigenvalue weighted by Gasteiger charge is 2.25. The molecule has 1 aliphatic heterocycles. The molecule has 190 valence electrons. The van der Waals surface area contributed by atoms with Gasteiger partial charge < -0.3 is 18.5 Å². The average Bonchev–Trinajstić information content (AvgIpc) is 3.73. The molecule has 1 aromatic carbocycles. The number of nitrogens with one attached hydrogen (secondary N) is 1. The van der Waals surface area contributed by atoms with E-state index in [9.17, 15) is 4.79 Å². The van der Waals surface area contributed by atoms with E-state index in [1.807, 2.05) is 30.0 Å². The SMILES string of the molecule is Cc1oc(C2CCCC2)nc1COc1cc2c(cc1-c1nn[nH]n1)CCN(C(=O)/C=C/c1ccco1)C2. The molecule has 37 heavy (non-hydrogen) atoms. The second-order valence-electron chi connectivity index (χ2n) is 9.54. The molecule has 1 N–H and O–H groups in total. The number of aromatic nitrogens is 5. The van der Waals surface area contributed by atoms with Gasteiger partial charge in [0.1, 0.15) is 29.6 Å². The van der Waals surface area contributed by atoms with E-state index >= 15 is 0 Å². The largest absolute Gasteiger partial charge is 0.486 e.